The highest BCUT2D eigenvalue weighted by molar-refractivity contribution is 5.85. The number of fused-ring (bicyclic) bond motifs is 3. The van der Waals surface area contributed by atoms with Crippen LogP contribution in [0, 0.1) is 28.1 Å². The third kappa shape index (κ3) is 1.42. The summed E-state index contributed by atoms with van der Waals surface area (Å²) in [5.41, 5.74) is -0.548. The zero-order valence-corrected chi connectivity index (χ0v) is 13.8. The molecule has 0 aliphatic heterocycles. The van der Waals surface area contributed by atoms with Crippen molar-refractivity contribution in [3.05, 3.63) is 0 Å². The highest BCUT2D eigenvalue weighted by atomic mass is 16.3. The van der Waals surface area contributed by atoms with Crippen LogP contribution in [0.4, 0.5) is 0 Å². The van der Waals surface area contributed by atoms with Crippen LogP contribution in [0.15, 0.2) is 0 Å². The van der Waals surface area contributed by atoms with Crippen molar-refractivity contribution in [2.24, 2.45) is 28.1 Å². The smallest absolute Gasteiger partial charge is 0.139 e. The molecule has 6 unspecified atom stereocenters. The summed E-state index contributed by atoms with van der Waals surface area (Å²) < 4.78 is 0. The maximum atomic E-state index is 12.9. The van der Waals surface area contributed by atoms with Gasteiger partial charge in [0.15, 0.2) is 0 Å². The second-order valence-electron chi connectivity index (χ2n) is 8.92. The van der Waals surface area contributed by atoms with Crippen molar-refractivity contribution in [3.63, 3.8) is 0 Å². The first-order chi connectivity index (χ1) is 9.08. The van der Waals surface area contributed by atoms with E-state index in [1.54, 1.807) is 0 Å². The zero-order chi connectivity index (χ0) is 15.0. The van der Waals surface area contributed by atoms with Gasteiger partial charge in [-0.2, -0.15) is 0 Å². The Balaban J connectivity index is 2.16. The molecule has 20 heavy (non-hydrogen) atoms. The van der Waals surface area contributed by atoms with Crippen LogP contribution in [0.1, 0.15) is 73.1 Å². The Morgan fingerprint density at radius 3 is 2.35 bits per heavy atom. The maximum Gasteiger partial charge on any atom is 0.139 e. The third-order valence-corrected chi connectivity index (χ3v) is 8.08. The summed E-state index contributed by atoms with van der Waals surface area (Å²) in [5.74, 6) is 0.368. The van der Waals surface area contributed by atoms with Gasteiger partial charge >= 0.3 is 0 Å². The van der Waals surface area contributed by atoms with Crippen LogP contribution in [0.25, 0.3) is 0 Å². The van der Waals surface area contributed by atoms with E-state index in [0.29, 0.717) is 12.2 Å². The minimum Gasteiger partial charge on any atom is -0.389 e. The third-order valence-electron chi connectivity index (χ3n) is 8.08. The monoisotopic (exact) mass is 278 g/mol. The first kappa shape index (κ1) is 14.6. The van der Waals surface area contributed by atoms with Gasteiger partial charge in [-0.05, 0) is 48.3 Å². The van der Waals surface area contributed by atoms with Crippen molar-refractivity contribution in [2.45, 2.75) is 78.7 Å². The molecule has 6 atom stereocenters. The first-order valence-corrected chi connectivity index (χ1v) is 8.34. The van der Waals surface area contributed by atoms with E-state index in [4.69, 9.17) is 0 Å². The molecule has 0 aromatic rings. The molecule has 0 heterocycles. The van der Waals surface area contributed by atoms with Crippen molar-refractivity contribution in [3.8, 4) is 0 Å². The van der Waals surface area contributed by atoms with Crippen LogP contribution >= 0.6 is 0 Å². The quantitative estimate of drug-likeness (QED) is 0.728. The Bertz CT molecular complexity index is 454. The molecule has 3 aliphatic carbocycles. The van der Waals surface area contributed by atoms with Crippen LogP contribution in [0.2, 0.25) is 0 Å². The molecule has 3 fully saturated rings. The Morgan fingerprint density at radius 2 is 1.70 bits per heavy atom. The van der Waals surface area contributed by atoms with Crippen LogP contribution in [0.5, 0.6) is 0 Å². The van der Waals surface area contributed by atoms with E-state index in [1.807, 2.05) is 6.92 Å². The number of aliphatic hydroxyl groups is 1. The number of Topliss-reactive ketones (excluding diaryl/α,β-unsaturated/α-hetero) is 1. The topological polar surface area (TPSA) is 37.3 Å². The van der Waals surface area contributed by atoms with Crippen molar-refractivity contribution in [1.29, 1.82) is 0 Å². The summed E-state index contributed by atoms with van der Waals surface area (Å²) in [6.45, 7) is 11.1. The number of hydrogen-bond donors (Lipinski definition) is 1. The highest BCUT2D eigenvalue weighted by Crippen LogP contribution is 2.73. The van der Waals surface area contributed by atoms with Crippen molar-refractivity contribution in [1.82, 2.24) is 0 Å². The van der Waals surface area contributed by atoms with E-state index in [1.165, 1.54) is 25.7 Å². The SMILES string of the molecule is CC1CC2(C)C(C(=O)CC3(C)CCCCC32C)C1(C)O. The van der Waals surface area contributed by atoms with E-state index >= 15 is 0 Å². The van der Waals surface area contributed by atoms with Gasteiger partial charge in [0.25, 0.3) is 0 Å². The van der Waals surface area contributed by atoms with Gasteiger partial charge in [0.2, 0.25) is 0 Å². The molecule has 0 aromatic carbocycles. The van der Waals surface area contributed by atoms with E-state index in [2.05, 4.69) is 27.7 Å². The van der Waals surface area contributed by atoms with Crippen molar-refractivity contribution < 1.29 is 9.90 Å². The minimum absolute atomic E-state index is 0.0413. The largest absolute Gasteiger partial charge is 0.389 e. The second kappa shape index (κ2) is 3.88. The number of carbonyl (C=O) groups is 1. The van der Waals surface area contributed by atoms with E-state index in [9.17, 15) is 9.90 Å². The minimum atomic E-state index is -0.826. The molecule has 3 aliphatic rings. The standard InChI is InChI=1S/C18H30O2/c1-12-10-16(3)14(18(12,5)20)13(19)11-15(2)8-6-7-9-17(15,16)4/h12,14,20H,6-11H2,1-5H3. The Morgan fingerprint density at radius 1 is 1.10 bits per heavy atom. The van der Waals surface area contributed by atoms with Crippen molar-refractivity contribution in [2.75, 3.05) is 0 Å². The van der Waals surface area contributed by atoms with Crippen molar-refractivity contribution >= 4 is 5.78 Å². The molecule has 1 N–H and O–H groups in total. The second-order valence-corrected chi connectivity index (χ2v) is 8.92. The summed E-state index contributed by atoms with van der Waals surface area (Å²) >= 11 is 0. The molecule has 114 valence electrons. The predicted octanol–water partition coefficient (Wildman–Crippen LogP) is 3.96. The van der Waals surface area contributed by atoms with E-state index in [0.717, 1.165) is 6.42 Å². The lowest BCUT2D eigenvalue weighted by molar-refractivity contribution is -0.183. The number of rotatable bonds is 0. The van der Waals surface area contributed by atoms with Gasteiger partial charge in [0.1, 0.15) is 5.78 Å². The first-order valence-electron chi connectivity index (χ1n) is 8.34. The normalized spacial score (nSPS) is 59.2. The average Bonchev–Trinajstić information content (AvgIpc) is 2.49. The molecule has 2 heteroatoms. The van der Waals surface area contributed by atoms with Gasteiger partial charge in [-0.1, -0.05) is 40.5 Å². The molecule has 2 nitrogen and oxygen atoms in total. The zero-order valence-electron chi connectivity index (χ0n) is 13.8. The molecular formula is C18H30O2. The number of ketones is 1. The summed E-state index contributed by atoms with van der Waals surface area (Å²) in [6.07, 6.45) is 6.58. The summed E-state index contributed by atoms with van der Waals surface area (Å²) in [4.78, 5) is 12.9. The Kier molecular flexibility index (Phi) is 2.83. The van der Waals surface area contributed by atoms with E-state index in [-0.39, 0.29) is 28.1 Å². The van der Waals surface area contributed by atoms with Gasteiger partial charge in [0, 0.05) is 6.42 Å². The van der Waals surface area contributed by atoms with Gasteiger partial charge < -0.3 is 5.11 Å². The molecule has 0 bridgehead atoms. The Labute approximate surface area is 123 Å². The molecule has 3 rings (SSSR count). The molecule has 0 amide bonds. The fraction of sp³-hybridized carbons (Fsp3) is 0.944. The van der Waals surface area contributed by atoms with E-state index < -0.39 is 5.60 Å². The average molecular weight is 278 g/mol. The summed E-state index contributed by atoms with van der Waals surface area (Å²) in [7, 11) is 0. The van der Waals surface area contributed by atoms with Gasteiger partial charge in [-0.3, -0.25) is 4.79 Å². The maximum absolute atomic E-state index is 12.9. The van der Waals surface area contributed by atoms with Crippen LogP contribution in [-0.4, -0.2) is 16.5 Å². The molecule has 0 spiro atoms. The lowest BCUT2D eigenvalue weighted by Gasteiger charge is -2.64. The van der Waals surface area contributed by atoms with Crippen LogP contribution < -0.4 is 0 Å². The fourth-order valence-corrected chi connectivity index (χ4v) is 6.43. The van der Waals surface area contributed by atoms with Crippen LogP contribution in [0.3, 0.4) is 0 Å². The lowest BCUT2D eigenvalue weighted by atomic mass is 9.40. The lowest BCUT2D eigenvalue weighted by Crippen LogP contribution is -2.62. The van der Waals surface area contributed by atoms with Gasteiger partial charge in [-0.25, -0.2) is 0 Å². The Hall–Kier alpha value is -0.370. The molecular weight excluding hydrogens is 248 g/mol. The molecule has 0 radical (unpaired) electrons. The molecule has 0 saturated heterocycles. The summed E-state index contributed by atoms with van der Waals surface area (Å²) in [6, 6.07) is 0. The number of hydrogen-bond acceptors (Lipinski definition) is 2. The van der Waals surface area contributed by atoms with Crippen LogP contribution in [-0.2, 0) is 4.79 Å². The molecule has 3 saturated carbocycles. The van der Waals surface area contributed by atoms with Gasteiger partial charge in [-0.15, -0.1) is 0 Å². The highest BCUT2D eigenvalue weighted by Gasteiger charge is 2.71. The summed E-state index contributed by atoms with van der Waals surface area (Å²) in [5, 5.41) is 11.0. The van der Waals surface area contributed by atoms with Gasteiger partial charge in [0.05, 0.1) is 11.5 Å². The fourth-order valence-electron chi connectivity index (χ4n) is 6.43. The molecule has 0 aromatic heterocycles. The predicted molar refractivity (Wildman–Crippen MR) is 80.3 cm³/mol. The number of carbonyl (C=O) groups excluding carboxylic acids is 1.